The normalized spacial score (nSPS) is 24.1. The lowest BCUT2D eigenvalue weighted by atomic mass is 9.95. The molecule has 2 unspecified atom stereocenters. The van der Waals surface area contributed by atoms with Gasteiger partial charge in [0.05, 0.1) is 0 Å². The summed E-state index contributed by atoms with van der Waals surface area (Å²) in [4.78, 5) is 11.5. The van der Waals surface area contributed by atoms with Crippen LogP contribution in [0, 0.1) is 0 Å². The van der Waals surface area contributed by atoms with Crippen LogP contribution in [-0.4, -0.2) is 28.7 Å². The lowest BCUT2D eigenvalue weighted by Crippen LogP contribution is -2.37. The number of hydrogen-bond donors (Lipinski definition) is 1. The van der Waals surface area contributed by atoms with Crippen molar-refractivity contribution in [3.63, 3.8) is 0 Å². The van der Waals surface area contributed by atoms with Crippen molar-refractivity contribution in [1.82, 2.24) is 9.88 Å². The Morgan fingerprint density at radius 2 is 2.33 bits per heavy atom. The predicted octanol–water partition coefficient (Wildman–Crippen LogP) is 2.11. The lowest BCUT2D eigenvalue weighted by molar-refractivity contribution is 0.374. The number of aromatic nitrogens is 1. The first-order chi connectivity index (χ1) is 8.79. The van der Waals surface area contributed by atoms with Crippen LogP contribution in [0.25, 0.3) is 0 Å². The third-order valence-corrected chi connectivity index (χ3v) is 4.74. The van der Waals surface area contributed by atoms with E-state index in [1.54, 1.807) is 16.7 Å². The Kier molecular flexibility index (Phi) is 5.32. The van der Waals surface area contributed by atoms with Crippen LogP contribution < -0.4 is 10.9 Å². The van der Waals surface area contributed by atoms with E-state index in [9.17, 15) is 4.79 Å². The van der Waals surface area contributed by atoms with Crippen LogP contribution in [0.15, 0.2) is 29.2 Å². The molecule has 0 amide bonds. The van der Waals surface area contributed by atoms with Crippen LogP contribution in [0.1, 0.15) is 25.7 Å². The summed E-state index contributed by atoms with van der Waals surface area (Å²) in [5.41, 5.74) is 0.0879. The van der Waals surface area contributed by atoms with E-state index in [1.165, 1.54) is 25.7 Å². The molecular weight excluding hydrogens is 244 g/mol. The van der Waals surface area contributed by atoms with E-state index >= 15 is 0 Å². The maximum Gasteiger partial charge on any atom is 0.250 e. The van der Waals surface area contributed by atoms with Crippen molar-refractivity contribution in [2.45, 2.75) is 43.5 Å². The van der Waals surface area contributed by atoms with Gasteiger partial charge in [-0.25, -0.2) is 0 Å². The molecule has 1 aromatic heterocycles. The Morgan fingerprint density at radius 1 is 1.44 bits per heavy atom. The van der Waals surface area contributed by atoms with Gasteiger partial charge in [0.2, 0.25) is 0 Å². The zero-order valence-electron chi connectivity index (χ0n) is 11.0. The first-order valence-corrected chi connectivity index (χ1v) is 8.00. The second-order valence-corrected chi connectivity index (χ2v) is 6.05. The predicted molar refractivity (Wildman–Crippen MR) is 78.3 cm³/mol. The fourth-order valence-corrected chi connectivity index (χ4v) is 3.41. The molecule has 2 atom stereocenters. The highest BCUT2D eigenvalue weighted by molar-refractivity contribution is 7.99. The van der Waals surface area contributed by atoms with Crippen molar-refractivity contribution >= 4 is 11.8 Å². The first-order valence-electron chi connectivity index (χ1n) is 6.71. The minimum Gasteiger partial charge on any atom is -0.314 e. The highest BCUT2D eigenvalue weighted by Crippen LogP contribution is 2.26. The van der Waals surface area contributed by atoms with Gasteiger partial charge < -0.3 is 9.88 Å². The van der Waals surface area contributed by atoms with Crippen molar-refractivity contribution in [3.8, 4) is 0 Å². The van der Waals surface area contributed by atoms with E-state index in [0.717, 1.165) is 18.3 Å². The van der Waals surface area contributed by atoms with Crippen molar-refractivity contribution < 1.29 is 0 Å². The zero-order valence-corrected chi connectivity index (χ0v) is 11.8. The standard InChI is InChI=1S/C14H22N2OS/c1-18-13-6-4-5-12(11-13)15-8-10-16-9-3-2-7-14(16)17/h2-3,7,9,12-13,15H,4-6,8,10-11H2,1H3. The number of pyridine rings is 1. The molecule has 0 radical (unpaired) electrons. The summed E-state index contributed by atoms with van der Waals surface area (Å²) >= 11 is 1.99. The number of nitrogens with one attached hydrogen (secondary N) is 1. The van der Waals surface area contributed by atoms with Gasteiger partial charge in [0.1, 0.15) is 0 Å². The number of nitrogens with zero attached hydrogens (tertiary/aromatic N) is 1. The van der Waals surface area contributed by atoms with Crippen LogP contribution in [0.3, 0.4) is 0 Å². The fraction of sp³-hybridized carbons (Fsp3) is 0.643. The van der Waals surface area contributed by atoms with Gasteiger partial charge in [0, 0.05) is 36.6 Å². The van der Waals surface area contributed by atoms with E-state index in [2.05, 4.69) is 11.6 Å². The van der Waals surface area contributed by atoms with Gasteiger partial charge >= 0.3 is 0 Å². The van der Waals surface area contributed by atoms with E-state index in [-0.39, 0.29) is 5.56 Å². The molecule has 100 valence electrons. The Labute approximate surface area is 113 Å². The second kappa shape index (κ2) is 7.00. The minimum absolute atomic E-state index is 0.0879. The molecule has 1 aromatic rings. The summed E-state index contributed by atoms with van der Waals surface area (Å²) in [5, 5.41) is 4.40. The van der Waals surface area contributed by atoms with Crippen LogP contribution in [0.2, 0.25) is 0 Å². The first kappa shape index (κ1) is 13.7. The molecule has 18 heavy (non-hydrogen) atoms. The van der Waals surface area contributed by atoms with Crippen molar-refractivity contribution in [2.75, 3.05) is 12.8 Å². The molecule has 1 N–H and O–H groups in total. The highest BCUT2D eigenvalue weighted by Gasteiger charge is 2.20. The summed E-state index contributed by atoms with van der Waals surface area (Å²) in [6.45, 7) is 1.65. The van der Waals surface area contributed by atoms with Gasteiger partial charge in [-0.15, -0.1) is 0 Å². The van der Waals surface area contributed by atoms with Crippen LogP contribution in [0.4, 0.5) is 0 Å². The van der Waals surface area contributed by atoms with Crippen molar-refractivity contribution in [1.29, 1.82) is 0 Å². The number of thioether (sulfide) groups is 1. The quantitative estimate of drug-likeness (QED) is 0.886. The highest BCUT2D eigenvalue weighted by atomic mass is 32.2. The smallest absolute Gasteiger partial charge is 0.250 e. The second-order valence-electron chi connectivity index (χ2n) is 4.91. The monoisotopic (exact) mass is 266 g/mol. The van der Waals surface area contributed by atoms with Gasteiger partial charge in [0.25, 0.3) is 5.56 Å². The van der Waals surface area contributed by atoms with Gasteiger partial charge in [-0.05, 0) is 31.6 Å². The Balaban J connectivity index is 1.75. The molecule has 1 aliphatic carbocycles. The van der Waals surface area contributed by atoms with Crippen LogP contribution in [0.5, 0.6) is 0 Å². The minimum atomic E-state index is 0.0879. The SMILES string of the molecule is CSC1CCCC(NCCn2ccccc2=O)C1. The lowest BCUT2D eigenvalue weighted by Gasteiger charge is -2.28. The molecule has 1 heterocycles. The average Bonchev–Trinajstić information content (AvgIpc) is 2.41. The molecule has 0 saturated heterocycles. The average molecular weight is 266 g/mol. The van der Waals surface area contributed by atoms with Gasteiger partial charge in [0.15, 0.2) is 0 Å². The largest absolute Gasteiger partial charge is 0.314 e. The molecule has 0 aliphatic heterocycles. The van der Waals surface area contributed by atoms with Gasteiger partial charge in [-0.1, -0.05) is 12.5 Å². The van der Waals surface area contributed by atoms with E-state index < -0.39 is 0 Å². The summed E-state index contributed by atoms with van der Waals surface area (Å²) in [7, 11) is 0. The molecule has 0 bridgehead atoms. The Hall–Kier alpha value is -0.740. The van der Waals surface area contributed by atoms with E-state index in [4.69, 9.17) is 0 Å². The summed E-state index contributed by atoms with van der Waals surface area (Å²) in [5.74, 6) is 0. The Morgan fingerprint density at radius 3 is 3.11 bits per heavy atom. The zero-order chi connectivity index (χ0) is 12.8. The summed E-state index contributed by atoms with van der Waals surface area (Å²) < 4.78 is 1.77. The summed E-state index contributed by atoms with van der Waals surface area (Å²) in [6.07, 6.45) is 9.30. The Bertz CT molecular complexity index is 418. The molecule has 4 heteroatoms. The molecule has 0 spiro atoms. The van der Waals surface area contributed by atoms with Gasteiger partial charge in [-0.3, -0.25) is 4.79 Å². The molecular formula is C14H22N2OS. The summed E-state index contributed by atoms with van der Waals surface area (Å²) in [6, 6.07) is 5.95. The van der Waals surface area contributed by atoms with E-state index in [0.29, 0.717) is 6.04 Å². The third-order valence-electron chi connectivity index (χ3n) is 3.64. The topological polar surface area (TPSA) is 34.0 Å². The van der Waals surface area contributed by atoms with Crippen LogP contribution in [-0.2, 0) is 6.54 Å². The maximum absolute atomic E-state index is 11.5. The molecule has 1 saturated carbocycles. The molecule has 2 rings (SSSR count). The van der Waals surface area contributed by atoms with Gasteiger partial charge in [-0.2, -0.15) is 11.8 Å². The number of hydrogen-bond acceptors (Lipinski definition) is 3. The van der Waals surface area contributed by atoms with Crippen molar-refractivity contribution in [2.24, 2.45) is 0 Å². The fourth-order valence-electron chi connectivity index (χ4n) is 2.58. The molecule has 3 nitrogen and oxygen atoms in total. The van der Waals surface area contributed by atoms with E-state index in [1.807, 2.05) is 24.0 Å². The van der Waals surface area contributed by atoms with Crippen LogP contribution >= 0.6 is 11.8 Å². The molecule has 1 fully saturated rings. The third kappa shape index (κ3) is 3.89. The molecule has 1 aliphatic rings. The van der Waals surface area contributed by atoms with Crippen molar-refractivity contribution in [3.05, 3.63) is 34.7 Å². The molecule has 0 aromatic carbocycles. The maximum atomic E-state index is 11.5. The number of rotatable bonds is 5.